The topological polar surface area (TPSA) is 24.9 Å². The van der Waals surface area contributed by atoms with E-state index in [4.69, 9.17) is 4.98 Å². The first kappa shape index (κ1) is 14.8. The summed E-state index contributed by atoms with van der Waals surface area (Å²) in [5, 5.41) is 4.88. The predicted molar refractivity (Wildman–Crippen MR) is 88.3 cm³/mol. The van der Waals surface area contributed by atoms with Crippen LogP contribution in [0.15, 0.2) is 30.3 Å². The first-order valence-corrected chi connectivity index (χ1v) is 7.87. The summed E-state index contributed by atoms with van der Waals surface area (Å²) in [5.41, 5.74) is 2.31. The molecule has 0 bridgehead atoms. The maximum Gasteiger partial charge on any atom is 0.129 e. The van der Waals surface area contributed by atoms with Crippen molar-refractivity contribution in [2.24, 2.45) is 0 Å². The van der Waals surface area contributed by atoms with Crippen molar-refractivity contribution < 1.29 is 0 Å². The van der Waals surface area contributed by atoms with Gasteiger partial charge in [0.1, 0.15) is 5.82 Å². The molecule has 0 spiro atoms. The molecule has 2 aromatic rings. The van der Waals surface area contributed by atoms with E-state index < -0.39 is 0 Å². The van der Waals surface area contributed by atoms with Gasteiger partial charge in [0, 0.05) is 11.4 Å². The van der Waals surface area contributed by atoms with Gasteiger partial charge in [-0.3, -0.25) is 0 Å². The van der Waals surface area contributed by atoms with E-state index >= 15 is 0 Å². The molecule has 0 aliphatic rings. The molecule has 0 saturated carbocycles. The van der Waals surface area contributed by atoms with E-state index in [9.17, 15) is 0 Å². The maximum absolute atomic E-state index is 4.79. The van der Waals surface area contributed by atoms with E-state index in [0.717, 1.165) is 11.3 Å². The van der Waals surface area contributed by atoms with Crippen molar-refractivity contribution in [2.75, 3.05) is 5.32 Å². The molecule has 0 aliphatic carbocycles. The van der Waals surface area contributed by atoms with Crippen molar-refractivity contribution in [3.63, 3.8) is 0 Å². The minimum Gasteiger partial charge on any atom is -0.367 e. The number of aromatic nitrogens is 1. The van der Waals surface area contributed by atoms with Gasteiger partial charge < -0.3 is 5.32 Å². The van der Waals surface area contributed by atoms with Crippen LogP contribution >= 0.6 is 0 Å². The lowest BCUT2D eigenvalue weighted by Crippen LogP contribution is -2.20. The summed E-state index contributed by atoms with van der Waals surface area (Å²) in [7, 11) is 0. The fourth-order valence-electron chi connectivity index (χ4n) is 2.65. The molecule has 2 heteroatoms. The summed E-state index contributed by atoms with van der Waals surface area (Å²) >= 11 is 0. The number of pyridine rings is 1. The normalized spacial score (nSPS) is 12.6. The number of nitrogens with one attached hydrogen (secondary N) is 1. The fraction of sp³-hybridized carbons (Fsp3) is 0.500. The van der Waals surface area contributed by atoms with Crippen LogP contribution in [-0.4, -0.2) is 11.0 Å². The predicted octanol–water partition coefficient (Wildman–Crippen LogP) is 5.31. The molecule has 1 aromatic carbocycles. The Hall–Kier alpha value is -1.57. The van der Waals surface area contributed by atoms with Crippen LogP contribution < -0.4 is 5.32 Å². The van der Waals surface area contributed by atoms with Gasteiger partial charge in [-0.15, -0.1) is 0 Å². The van der Waals surface area contributed by atoms with E-state index in [2.05, 4.69) is 56.4 Å². The number of nitrogens with zero attached hydrogens (tertiary/aromatic N) is 1. The molecule has 0 radical (unpaired) electrons. The highest BCUT2D eigenvalue weighted by Crippen LogP contribution is 2.22. The largest absolute Gasteiger partial charge is 0.367 e. The second kappa shape index (κ2) is 7.28. The number of benzene rings is 1. The van der Waals surface area contributed by atoms with Gasteiger partial charge in [-0.1, -0.05) is 51.3 Å². The number of fused-ring (bicyclic) bond motifs is 1. The van der Waals surface area contributed by atoms with Gasteiger partial charge in [-0.2, -0.15) is 0 Å². The second-order valence-electron chi connectivity index (χ2n) is 5.62. The van der Waals surface area contributed by atoms with E-state index in [1.165, 1.54) is 43.1 Å². The quantitative estimate of drug-likeness (QED) is 0.737. The minimum absolute atomic E-state index is 0.548. The molecule has 1 unspecified atom stereocenters. The van der Waals surface area contributed by atoms with Gasteiger partial charge in [0.2, 0.25) is 0 Å². The number of rotatable bonds is 7. The van der Waals surface area contributed by atoms with Gasteiger partial charge in [0.25, 0.3) is 0 Å². The zero-order valence-electron chi connectivity index (χ0n) is 12.9. The zero-order chi connectivity index (χ0) is 14.4. The van der Waals surface area contributed by atoms with Gasteiger partial charge in [-0.25, -0.2) is 4.98 Å². The average Bonchev–Trinajstić information content (AvgIpc) is 2.45. The number of anilines is 1. The molecular weight excluding hydrogens is 244 g/mol. The third kappa shape index (κ3) is 3.72. The Bertz CT molecular complexity index is 548. The van der Waals surface area contributed by atoms with Crippen molar-refractivity contribution >= 4 is 16.7 Å². The average molecular weight is 270 g/mol. The highest BCUT2D eigenvalue weighted by Gasteiger charge is 2.10. The Morgan fingerprint density at radius 3 is 2.65 bits per heavy atom. The first-order valence-electron chi connectivity index (χ1n) is 7.87. The molecule has 2 nitrogen and oxygen atoms in total. The molecule has 0 amide bonds. The molecule has 20 heavy (non-hydrogen) atoms. The van der Waals surface area contributed by atoms with Crippen LogP contribution in [0.5, 0.6) is 0 Å². The third-order valence-electron chi connectivity index (χ3n) is 3.80. The van der Waals surface area contributed by atoms with E-state index in [0.29, 0.717) is 6.04 Å². The van der Waals surface area contributed by atoms with E-state index in [1.54, 1.807) is 0 Å². The standard InChI is InChI=1S/C18H26N2/c1-4-6-11-16(9-5-2)19-18-14(3)13-15-10-7-8-12-17(15)20-18/h7-8,10,12-13,16H,4-6,9,11H2,1-3H3,(H,19,20). The molecule has 0 aliphatic heterocycles. The SMILES string of the molecule is CCCCC(CCC)Nc1nc2ccccc2cc1C. The van der Waals surface area contributed by atoms with Crippen molar-refractivity contribution in [3.05, 3.63) is 35.9 Å². The lowest BCUT2D eigenvalue weighted by Gasteiger charge is -2.20. The number of aryl methyl sites for hydroxylation is 1. The summed E-state index contributed by atoms with van der Waals surface area (Å²) in [6, 6.07) is 11.1. The molecule has 1 heterocycles. The Labute approximate surface area is 122 Å². The fourth-order valence-corrected chi connectivity index (χ4v) is 2.65. The van der Waals surface area contributed by atoms with E-state index in [1.807, 2.05) is 0 Å². The molecule has 2 rings (SSSR count). The van der Waals surface area contributed by atoms with Gasteiger partial charge >= 0.3 is 0 Å². The highest BCUT2D eigenvalue weighted by atomic mass is 15.0. The monoisotopic (exact) mass is 270 g/mol. The van der Waals surface area contributed by atoms with Crippen LogP contribution in [0.2, 0.25) is 0 Å². The zero-order valence-corrected chi connectivity index (χ0v) is 12.9. The number of hydrogen-bond acceptors (Lipinski definition) is 2. The van der Waals surface area contributed by atoms with Gasteiger partial charge in [0.15, 0.2) is 0 Å². The van der Waals surface area contributed by atoms with Crippen molar-refractivity contribution in [1.29, 1.82) is 0 Å². The summed E-state index contributed by atoms with van der Waals surface area (Å²) in [5.74, 6) is 1.05. The van der Waals surface area contributed by atoms with Crippen LogP contribution in [0.1, 0.15) is 51.5 Å². The Kier molecular flexibility index (Phi) is 5.40. The Morgan fingerprint density at radius 1 is 1.10 bits per heavy atom. The summed E-state index contributed by atoms with van der Waals surface area (Å²) < 4.78 is 0. The number of para-hydroxylation sites is 1. The Morgan fingerprint density at radius 2 is 1.90 bits per heavy atom. The summed E-state index contributed by atoms with van der Waals surface area (Å²) in [4.78, 5) is 4.79. The number of unbranched alkanes of at least 4 members (excludes halogenated alkanes) is 1. The molecule has 0 saturated heterocycles. The van der Waals surface area contributed by atoms with Gasteiger partial charge in [0.05, 0.1) is 5.52 Å². The first-order chi connectivity index (χ1) is 9.74. The Balaban J connectivity index is 2.19. The van der Waals surface area contributed by atoms with Crippen LogP contribution in [0.3, 0.4) is 0 Å². The molecule has 1 atom stereocenters. The van der Waals surface area contributed by atoms with E-state index in [-0.39, 0.29) is 0 Å². The third-order valence-corrected chi connectivity index (χ3v) is 3.80. The molecule has 1 aromatic heterocycles. The molecule has 1 N–H and O–H groups in total. The van der Waals surface area contributed by atoms with Crippen molar-refractivity contribution in [1.82, 2.24) is 4.98 Å². The smallest absolute Gasteiger partial charge is 0.129 e. The molecule has 0 fully saturated rings. The van der Waals surface area contributed by atoms with Crippen LogP contribution in [-0.2, 0) is 0 Å². The van der Waals surface area contributed by atoms with Crippen molar-refractivity contribution in [3.8, 4) is 0 Å². The van der Waals surface area contributed by atoms with Crippen LogP contribution in [0.25, 0.3) is 10.9 Å². The van der Waals surface area contributed by atoms with Crippen LogP contribution in [0, 0.1) is 6.92 Å². The summed E-state index contributed by atoms with van der Waals surface area (Å²) in [6.07, 6.45) is 6.20. The molecule has 108 valence electrons. The van der Waals surface area contributed by atoms with Crippen molar-refractivity contribution in [2.45, 2.75) is 58.9 Å². The minimum atomic E-state index is 0.548. The maximum atomic E-state index is 4.79. The van der Waals surface area contributed by atoms with Gasteiger partial charge in [-0.05, 0) is 37.5 Å². The lowest BCUT2D eigenvalue weighted by atomic mass is 10.0. The molecular formula is C18H26N2. The lowest BCUT2D eigenvalue weighted by molar-refractivity contribution is 0.563. The number of hydrogen-bond donors (Lipinski definition) is 1. The highest BCUT2D eigenvalue weighted by molar-refractivity contribution is 5.81. The second-order valence-corrected chi connectivity index (χ2v) is 5.62. The van der Waals surface area contributed by atoms with Crippen LogP contribution in [0.4, 0.5) is 5.82 Å². The summed E-state index contributed by atoms with van der Waals surface area (Å²) in [6.45, 7) is 6.65.